The SMILES string of the molecule is Cc1cc(C)cc(C(C)NC(C)Cn2cccn2)c1. The lowest BCUT2D eigenvalue weighted by Gasteiger charge is -2.21. The topological polar surface area (TPSA) is 29.9 Å². The van der Waals surface area contributed by atoms with E-state index in [4.69, 9.17) is 0 Å². The molecule has 0 spiro atoms. The zero-order chi connectivity index (χ0) is 13.8. The van der Waals surface area contributed by atoms with Crippen molar-refractivity contribution in [3.8, 4) is 0 Å². The molecule has 2 atom stereocenters. The molecule has 1 heterocycles. The highest BCUT2D eigenvalue weighted by Crippen LogP contribution is 2.17. The molecule has 2 unspecified atom stereocenters. The monoisotopic (exact) mass is 257 g/mol. The fourth-order valence-corrected chi connectivity index (χ4v) is 2.52. The third kappa shape index (κ3) is 3.93. The summed E-state index contributed by atoms with van der Waals surface area (Å²) < 4.78 is 1.96. The van der Waals surface area contributed by atoms with E-state index in [2.05, 4.69) is 56.3 Å². The normalized spacial score (nSPS) is 14.3. The Kier molecular flexibility index (Phi) is 4.38. The first-order valence-electron chi connectivity index (χ1n) is 6.86. The van der Waals surface area contributed by atoms with E-state index in [0.29, 0.717) is 12.1 Å². The standard InChI is InChI=1S/C16H23N3/c1-12-8-13(2)10-16(9-12)15(4)18-14(3)11-19-7-5-6-17-19/h5-10,14-15,18H,11H2,1-4H3. The molecule has 2 rings (SSSR count). The van der Waals surface area contributed by atoms with Gasteiger partial charge in [0.05, 0.1) is 6.54 Å². The molecule has 102 valence electrons. The van der Waals surface area contributed by atoms with Gasteiger partial charge in [-0.15, -0.1) is 0 Å². The summed E-state index contributed by atoms with van der Waals surface area (Å²) in [6, 6.07) is 9.42. The third-order valence-corrected chi connectivity index (χ3v) is 3.30. The Labute approximate surface area is 115 Å². The number of rotatable bonds is 5. The van der Waals surface area contributed by atoms with Crippen LogP contribution in [0.3, 0.4) is 0 Å². The van der Waals surface area contributed by atoms with Crippen molar-refractivity contribution in [1.29, 1.82) is 0 Å². The van der Waals surface area contributed by atoms with E-state index < -0.39 is 0 Å². The van der Waals surface area contributed by atoms with Crippen LogP contribution in [0.4, 0.5) is 0 Å². The van der Waals surface area contributed by atoms with Crippen molar-refractivity contribution >= 4 is 0 Å². The van der Waals surface area contributed by atoms with E-state index in [1.54, 1.807) is 0 Å². The van der Waals surface area contributed by atoms with Gasteiger partial charge in [0.1, 0.15) is 0 Å². The number of nitrogens with zero attached hydrogens (tertiary/aromatic N) is 2. The molecule has 0 aliphatic rings. The molecule has 0 aliphatic carbocycles. The number of nitrogens with one attached hydrogen (secondary N) is 1. The minimum Gasteiger partial charge on any atom is -0.306 e. The van der Waals surface area contributed by atoms with Crippen molar-refractivity contribution in [2.45, 2.75) is 46.3 Å². The molecule has 3 heteroatoms. The van der Waals surface area contributed by atoms with Crippen LogP contribution in [0, 0.1) is 13.8 Å². The second kappa shape index (κ2) is 6.02. The van der Waals surface area contributed by atoms with Crippen molar-refractivity contribution in [3.05, 3.63) is 53.3 Å². The van der Waals surface area contributed by atoms with Crippen molar-refractivity contribution in [2.75, 3.05) is 0 Å². The summed E-state index contributed by atoms with van der Waals surface area (Å²) in [4.78, 5) is 0. The number of hydrogen-bond donors (Lipinski definition) is 1. The van der Waals surface area contributed by atoms with Gasteiger partial charge < -0.3 is 5.32 Å². The summed E-state index contributed by atoms with van der Waals surface area (Å²) in [6.07, 6.45) is 3.82. The highest BCUT2D eigenvalue weighted by molar-refractivity contribution is 5.30. The number of aromatic nitrogens is 2. The largest absolute Gasteiger partial charge is 0.306 e. The van der Waals surface area contributed by atoms with Crippen LogP contribution in [0.25, 0.3) is 0 Å². The van der Waals surface area contributed by atoms with Gasteiger partial charge in [0.25, 0.3) is 0 Å². The van der Waals surface area contributed by atoms with Crippen LogP contribution in [0.5, 0.6) is 0 Å². The lowest BCUT2D eigenvalue weighted by Crippen LogP contribution is -2.32. The zero-order valence-electron chi connectivity index (χ0n) is 12.2. The fraction of sp³-hybridized carbons (Fsp3) is 0.438. The van der Waals surface area contributed by atoms with E-state index in [1.165, 1.54) is 16.7 Å². The molecule has 0 saturated carbocycles. The molecule has 0 saturated heterocycles. The molecule has 1 N–H and O–H groups in total. The Morgan fingerprint density at radius 3 is 2.42 bits per heavy atom. The molecule has 2 aromatic rings. The first-order chi connectivity index (χ1) is 9.04. The van der Waals surface area contributed by atoms with Crippen LogP contribution in [0.15, 0.2) is 36.7 Å². The van der Waals surface area contributed by atoms with Gasteiger partial charge in [-0.05, 0) is 39.3 Å². The number of aryl methyl sites for hydroxylation is 2. The van der Waals surface area contributed by atoms with Gasteiger partial charge in [-0.3, -0.25) is 4.68 Å². The van der Waals surface area contributed by atoms with E-state index in [-0.39, 0.29) is 0 Å². The molecule has 0 amide bonds. The molecule has 0 radical (unpaired) electrons. The van der Waals surface area contributed by atoms with Gasteiger partial charge in [0, 0.05) is 24.5 Å². The molecule has 1 aromatic carbocycles. The maximum Gasteiger partial charge on any atom is 0.0560 e. The Hall–Kier alpha value is -1.61. The second-order valence-corrected chi connectivity index (χ2v) is 5.44. The van der Waals surface area contributed by atoms with Crippen molar-refractivity contribution in [1.82, 2.24) is 15.1 Å². The maximum atomic E-state index is 4.24. The molecule has 3 nitrogen and oxygen atoms in total. The minimum atomic E-state index is 0.351. The van der Waals surface area contributed by atoms with Crippen molar-refractivity contribution in [3.63, 3.8) is 0 Å². The van der Waals surface area contributed by atoms with Crippen LogP contribution in [-0.2, 0) is 6.54 Å². The lowest BCUT2D eigenvalue weighted by molar-refractivity contribution is 0.413. The van der Waals surface area contributed by atoms with Gasteiger partial charge in [-0.25, -0.2) is 0 Å². The van der Waals surface area contributed by atoms with Gasteiger partial charge in [-0.1, -0.05) is 29.3 Å². The molecular weight excluding hydrogens is 234 g/mol. The van der Waals surface area contributed by atoms with Crippen LogP contribution in [0.1, 0.15) is 36.6 Å². The quantitative estimate of drug-likeness (QED) is 0.891. The smallest absolute Gasteiger partial charge is 0.0560 e. The number of hydrogen-bond acceptors (Lipinski definition) is 2. The maximum absolute atomic E-state index is 4.24. The second-order valence-electron chi connectivity index (χ2n) is 5.44. The average molecular weight is 257 g/mol. The van der Waals surface area contributed by atoms with Gasteiger partial charge in [-0.2, -0.15) is 5.10 Å². The van der Waals surface area contributed by atoms with Crippen LogP contribution in [-0.4, -0.2) is 15.8 Å². The summed E-state index contributed by atoms with van der Waals surface area (Å²) >= 11 is 0. The highest BCUT2D eigenvalue weighted by atomic mass is 15.3. The summed E-state index contributed by atoms with van der Waals surface area (Å²) in [5, 5.41) is 7.87. The van der Waals surface area contributed by atoms with Crippen LogP contribution >= 0.6 is 0 Å². The van der Waals surface area contributed by atoms with E-state index in [1.807, 2.05) is 23.1 Å². The zero-order valence-corrected chi connectivity index (χ0v) is 12.2. The van der Waals surface area contributed by atoms with Crippen LogP contribution in [0.2, 0.25) is 0 Å². The molecule has 0 fully saturated rings. The Balaban J connectivity index is 1.98. The predicted molar refractivity (Wildman–Crippen MR) is 79.2 cm³/mol. The van der Waals surface area contributed by atoms with E-state index >= 15 is 0 Å². The molecule has 19 heavy (non-hydrogen) atoms. The van der Waals surface area contributed by atoms with Crippen molar-refractivity contribution in [2.24, 2.45) is 0 Å². The average Bonchev–Trinajstić information content (AvgIpc) is 2.80. The fourth-order valence-electron chi connectivity index (χ4n) is 2.52. The predicted octanol–water partition coefficient (Wildman–Crippen LogP) is 3.24. The van der Waals surface area contributed by atoms with Crippen LogP contribution < -0.4 is 5.32 Å². The molecule has 1 aromatic heterocycles. The Bertz CT molecular complexity index is 497. The summed E-state index contributed by atoms with van der Waals surface area (Å²) in [5.74, 6) is 0. The molecule has 0 bridgehead atoms. The summed E-state index contributed by atoms with van der Waals surface area (Å²) in [5.41, 5.74) is 4.00. The summed E-state index contributed by atoms with van der Waals surface area (Å²) in [6.45, 7) is 9.60. The number of benzene rings is 1. The minimum absolute atomic E-state index is 0.351. The van der Waals surface area contributed by atoms with E-state index in [9.17, 15) is 0 Å². The van der Waals surface area contributed by atoms with Gasteiger partial charge in [0.2, 0.25) is 0 Å². The third-order valence-electron chi connectivity index (χ3n) is 3.30. The van der Waals surface area contributed by atoms with Gasteiger partial charge >= 0.3 is 0 Å². The molecule has 0 aliphatic heterocycles. The first-order valence-corrected chi connectivity index (χ1v) is 6.86. The Morgan fingerprint density at radius 2 is 1.84 bits per heavy atom. The summed E-state index contributed by atoms with van der Waals surface area (Å²) in [7, 11) is 0. The van der Waals surface area contributed by atoms with Crippen molar-refractivity contribution < 1.29 is 0 Å². The van der Waals surface area contributed by atoms with E-state index in [0.717, 1.165) is 6.54 Å². The van der Waals surface area contributed by atoms with Gasteiger partial charge in [0.15, 0.2) is 0 Å². The highest BCUT2D eigenvalue weighted by Gasteiger charge is 2.10. The Morgan fingerprint density at radius 1 is 1.16 bits per heavy atom. The first kappa shape index (κ1) is 13.8. The molecular formula is C16H23N3. The lowest BCUT2D eigenvalue weighted by atomic mass is 10.0.